The molecule has 1 aromatic heterocycles. The van der Waals surface area contributed by atoms with E-state index in [-0.39, 0.29) is 11.1 Å². The van der Waals surface area contributed by atoms with Gasteiger partial charge in [-0.1, -0.05) is 37.3 Å². The molecular formula is C33H33FN2O5S. The number of aryl methyl sites for hydroxylation is 2. The molecule has 5 rings (SSSR count). The van der Waals surface area contributed by atoms with E-state index in [0.717, 1.165) is 27.8 Å². The highest BCUT2D eigenvalue weighted by Crippen LogP contribution is 2.46. The van der Waals surface area contributed by atoms with E-state index in [1.807, 2.05) is 32.9 Å². The number of anilines is 1. The maximum atomic E-state index is 13.7. The summed E-state index contributed by atoms with van der Waals surface area (Å²) >= 11 is 1.30. The number of hydrogen-bond acceptors (Lipinski definition) is 7. The van der Waals surface area contributed by atoms with Gasteiger partial charge >= 0.3 is 5.91 Å². The third-order valence-corrected chi connectivity index (χ3v) is 8.12. The molecule has 42 heavy (non-hydrogen) atoms. The van der Waals surface area contributed by atoms with E-state index in [1.165, 1.54) is 40.5 Å². The molecule has 1 unspecified atom stereocenters. The lowest BCUT2D eigenvalue weighted by molar-refractivity contribution is -0.132. The fraction of sp³-hybridized carbons (Fsp3) is 0.303. The van der Waals surface area contributed by atoms with E-state index in [2.05, 4.69) is 13.8 Å². The quantitative estimate of drug-likeness (QED) is 0.124. The van der Waals surface area contributed by atoms with Crippen LogP contribution in [-0.2, 0) is 9.59 Å². The highest BCUT2D eigenvalue weighted by molar-refractivity contribution is 7.22. The number of fused-ring (bicyclic) bond motifs is 1. The molecule has 1 fully saturated rings. The van der Waals surface area contributed by atoms with Crippen LogP contribution in [0.2, 0.25) is 0 Å². The van der Waals surface area contributed by atoms with Gasteiger partial charge in [-0.05, 0) is 92.3 Å². The number of aliphatic hydroxyl groups is 1. The Labute approximate surface area is 248 Å². The van der Waals surface area contributed by atoms with Crippen molar-refractivity contribution in [2.45, 2.75) is 47.1 Å². The summed E-state index contributed by atoms with van der Waals surface area (Å²) in [5.74, 6) is -1.09. The molecule has 0 bridgehead atoms. The summed E-state index contributed by atoms with van der Waals surface area (Å²) in [6.45, 7) is 10.9. The number of carbonyl (C=O) groups excluding carboxylic acids is 2. The Balaban J connectivity index is 1.69. The maximum Gasteiger partial charge on any atom is 0.301 e. The molecule has 1 N–H and O–H groups in total. The van der Waals surface area contributed by atoms with Crippen molar-refractivity contribution in [1.82, 2.24) is 4.98 Å². The second kappa shape index (κ2) is 11.9. The summed E-state index contributed by atoms with van der Waals surface area (Å²) in [6, 6.07) is 13.4. The van der Waals surface area contributed by atoms with Gasteiger partial charge < -0.3 is 14.6 Å². The van der Waals surface area contributed by atoms with Gasteiger partial charge in [0.15, 0.2) is 16.6 Å². The number of amides is 1. The molecule has 0 radical (unpaired) electrons. The van der Waals surface area contributed by atoms with Gasteiger partial charge in [0.2, 0.25) is 0 Å². The van der Waals surface area contributed by atoms with E-state index in [0.29, 0.717) is 41.3 Å². The summed E-state index contributed by atoms with van der Waals surface area (Å²) in [6.07, 6.45) is 0.863. The van der Waals surface area contributed by atoms with Gasteiger partial charge in [-0.15, -0.1) is 0 Å². The number of nitrogens with zero attached hydrogens (tertiary/aromatic N) is 2. The number of rotatable bonds is 9. The zero-order chi connectivity index (χ0) is 30.1. The maximum absolute atomic E-state index is 13.7. The number of aliphatic hydroxyl groups excluding tert-OH is 1. The van der Waals surface area contributed by atoms with E-state index < -0.39 is 29.3 Å². The molecule has 3 aromatic carbocycles. The monoisotopic (exact) mass is 588 g/mol. The number of halogens is 1. The second-order valence-electron chi connectivity index (χ2n) is 10.8. The summed E-state index contributed by atoms with van der Waals surface area (Å²) in [7, 11) is 0. The third kappa shape index (κ3) is 5.61. The zero-order valence-corrected chi connectivity index (χ0v) is 25.0. The molecule has 1 aliphatic heterocycles. The molecule has 2 heterocycles. The summed E-state index contributed by atoms with van der Waals surface area (Å²) < 4.78 is 26.5. The Morgan fingerprint density at radius 1 is 1.05 bits per heavy atom. The molecule has 1 aliphatic rings. The Hall–Kier alpha value is -4.24. The first-order chi connectivity index (χ1) is 20.1. The van der Waals surface area contributed by atoms with Crippen LogP contribution in [0.4, 0.5) is 9.52 Å². The van der Waals surface area contributed by atoms with Crippen LogP contribution in [-0.4, -0.2) is 35.0 Å². The smallest absolute Gasteiger partial charge is 0.301 e. The van der Waals surface area contributed by atoms with Crippen LogP contribution < -0.4 is 14.4 Å². The van der Waals surface area contributed by atoms with Crippen molar-refractivity contribution in [2.75, 3.05) is 18.1 Å². The Morgan fingerprint density at radius 3 is 2.48 bits per heavy atom. The molecule has 7 nitrogen and oxygen atoms in total. The molecule has 0 saturated carbocycles. The highest BCUT2D eigenvalue weighted by atomic mass is 32.1. The molecule has 1 atom stereocenters. The zero-order valence-electron chi connectivity index (χ0n) is 24.2. The van der Waals surface area contributed by atoms with Crippen molar-refractivity contribution in [2.24, 2.45) is 5.92 Å². The van der Waals surface area contributed by atoms with Crippen LogP contribution in [0.1, 0.15) is 55.5 Å². The molecule has 1 amide bonds. The molecule has 9 heteroatoms. The average Bonchev–Trinajstić information content (AvgIpc) is 3.48. The summed E-state index contributed by atoms with van der Waals surface area (Å²) in [4.78, 5) is 33.4. The Kier molecular flexibility index (Phi) is 8.31. The lowest BCUT2D eigenvalue weighted by atomic mass is 9.95. The van der Waals surface area contributed by atoms with Gasteiger partial charge in [-0.25, -0.2) is 9.37 Å². The summed E-state index contributed by atoms with van der Waals surface area (Å²) in [5, 5.41) is 11.7. The molecule has 0 aliphatic carbocycles. The van der Waals surface area contributed by atoms with Crippen LogP contribution in [0.15, 0.2) is 60.2 Å². The Morgan fingerprint density at radius 2 is 1.79 bits per heavy atom. The predicted molar refractivity (Wildman–Crippen MR) is 163 cm³/mol. The van der Waals surface area contributed by atoms with Crippen molar-refractivity contribution in [3.05, 3.63) is 88.2 Å². The number of carbonyl (C=O) groups is 2. The van der Waals surface area contributed by atoms with Gasteiger partial charge in [0.1, 0.15) is 11.6 Å². The number of ketones is 1. The first kappa shape index (κ1) is 29.3. The van der Waals surface area contributed by atoms with Gasteiger partial charge in [0.25, 0.3) is 5.78 Å². The van der Waals surface area contributed by atoms with Crippen molar-refractivity contribution >= 4 is 44.1 Å². The molecule has 0 spiro atoms. The number of Topliss-reactive ketones (excluding diaryl/α,β-unsaturated/α-hetero) is 1. The van der Waals surface area contributed by atoms with Crippen molar-refractivity contribution in [3.8, 4) is 11.5 Å². The van der Waals surface area contributed by atoms with Gasteiger partial charge in [-0.2, -0.15) is 0 Å². The van der Waals surface area contributed by atoms with Crippen LogP contribution in [0.5, 0.6) is 11.5 Å². The number of aromatic nitrogens is 1. The normalized spacial score (nSPS) is 16.5. The fourth-order valence-electron chi connectivity index (χ4n) is 5.06. The van der Waals surface area contributed by atoms with Gasteiger partial charge in [0.05, 0.1) is 35.0 Å². The van der Waals surface area contributed by atoms with Gasteiger partial charge in [-0.3, -0.25) is 14.5 Å². The average molecular weight is 589 g/mol. The lowest BCUT2D eigenvalue weighted by Crippen LogP contribution is -2.29. The molecule has 218 valence electrons. The second-order valence-corrected chi connectivity index (χ2v) is 11.8. The Bertz CT molecular complexity index is 1690. The first-order valence-corrected chi connectivity index (χ1v) is 14.7. The van der Waals surface area contributed by atoms with Crippen LogP contribution in [0.25, 0.3) is 16.0 Å². The van der Waals surface area contributed by atoms with Gasteiger partial charge in [0, 0.05) is 5.56 Å². The largest absolute Gasteiger partial charge is 0.507 e. The lowest BCUT2D eigenvalue weighted by Gasteiger charge is -2.24. The third-order valence-electron chi connectivity index (χ3n) is 7.12. The van der Waals surface area contributed by atoms with Crippen LogP contribution in [0, 0.1) is 25.6 Å². The minimum Gasteiger partial charge on any atom is -0.507 e. The standard InChI is InChI=1S/C33H33FN2O5S/c1-6-40-25-17-22(9-12-24(25)41-14-13-18(2)3)29-27(30(37)21-7-10-23(34)11-8-21)31(38)32(39)36(29)33-35-28-20(5)15-19(4)16-26(28)42-33/h7-12,15-18,29,37H,6,13-14H2,1-5H3/b30-27+. The van der Waals surface area contributed by atoms with Crippen molar-refractivity contribution in [3.63, 3.8) is 0 Å². The number of benzene rings is 3. The summed E-state index contributed by atoms with van der Waals surface area (Å²) in [5.41, 5.74) is 3.38. The fourth-order valence-corrected chi connectivity index (χ4v) is 6.23. The molecular weight excluding hydrogens is 555 g/mol. The number of thiazole rings is 1. The topological polar surface area (TPSA) is 89.0 Å². The molecule has 1 saturated heterocycles. The van der Waals surface area contributed by atoms with E-state index in [9.17, 15) is 19.1 Å². The van der Waals surface area contributed by atoms with Crippen molar-refractivity contribution < 1.29 is 28.6 Å². The highest BCUT2D eigenvalue weighted by Gasteiger charge is 2.48. The minimum atomic E-state index is -1.01. The SMILES string of the molecule is CCOc1cc(C2/C(=C(\O)c3ccc(F)cc3)C(=O)C(=O)N2c2nc3c(C)cc(C)cc3s2)ccc1OCCC(C)C. The van der Waals surface area contributed by atoms with E-state index in [4.69, 9.17) is 14.5 Å². The van der Waals surface area contributed by atoms with Crippen molar-refractivity contribution in [1.29, 1.82) is 0 Å². The van der Waals surface area contributed by atoms with Crippen LogP contribution in [0.3, 0.4) is 0 Å². The van der Waals surface area contributed by atoms with Crippen LogP contribution >= 0.6 is 11.3 Å². The van der Waals surface area contributed by atoms with E-state index in [1.54, 1.807) is 18.2 Å². The van der Waals surface area contributed by atoms with E-state index >= 15 is 0 Å². The predicted octanol–water partition coefficient (Wildman–Crippen LogP) is 7.50. The minimum absolute atomic E-state index is 0.116. The first-order valence-electron chi connectivity index (χ1n) is 13.9. The molecule has 4 aromatic rings. The number of ether oxygens (including phenoxy) is 2. The number of hydrogen-bond donors (Lipinski definition) is 1.